The topological polar surface area (TPSA) is 32.9 Å². The van der Waals surface area contributed by atoms with E-state index in [-0.39, 0.29) is 0 Å². The van der Waals surface area contributed by atoms with Crippen molar-refractivity contribution in [3.8, 4) is 22.7 Å². The first kappa shape index (κ1) is 37.9. The summed E-state index contributed by atoms with van der Waals surface area (Å²) in [6.07, 6.45) is 0. The molecule has 0 aliphatic carbocycles. The number of benzene rings is 11. The van der Waals surface area contributed by atoms with Gasteiger partial charge in [-0.2, -0.15) is 0 Å². The molecule has 8 bridgehead atoms. The van der Waals surface area contributed by atoms with Crippen molar-refractivity contribution in [1.29, 1.82) is 0 Å². The number of para-hydroxylation sites is 4. The standard InChI is InChI=1S/C64H40N4O/c1-2-19-44(20-3-1)67-57-28-9-7-25-52(57)63-58(30-14-31-59(63)67)65-45-21-10-17-42(37-45)43-18-11-22-46(38-43)66(48-34-36-62-54(40-48)53-39-47(65)33-35-61(53)69-62)60-32-13-26-51-50-24-6-8-27-56(50)68(64(51)60)55-29-12-16-41-15-4-5-23-49(41)55/h1-40H. The molecule has 0 aliphatic heterocycles. The molecule has 15 rings (SSSR count). The van der Waals surface area contributed by atoms with E-state index >= 15 is 0 Å². The average Bonchev–Trinajstić information content (AvgIpc) is 4.07. The van der Waals surface area contributed by atoms with Gasteiger partial charge in [-0.15, -0.1) is 0 Å². The lowest BCUT2D eigenvalue weighted by Crippen LogP contribution is -2.02. The van der Waals surface area contributed by atoms with Crippen LogP contribution in [0.3, 0.4) is 0 Å². The highest BCUT2D eigenvalue weighted by Crippen LogP contribution is 2.41. The minimum absolute atomic E-state index is 0.844. The van der Waals surface area contributed by atoms with Gasteiger partial charge < -0.3 is 22.7 Å². The second-order valence-corrected chi connectivity index (χ2v) is 18.1. The molecule has 69 heavy (non-hydrogen) atoms. The van der Waals surface area contributed by atoms with Crippen LogP contribution in [0.5, 0.6) is 0 Å². The smallest absolute Gasteiger partial charge is 0.135 e. The van der Waals surface area contributed by atoms with Gasteiger partial charge in [0, 0.05) is 65.5 Å². The van der Waals surface area contributed by atoms with Gasteiger partial charge in [-0.25, -0.2) is 0 Å². The number of hydrogen-bond acceptors (Lipinski definition) is 1. The van der Waals surface area contributed by atoms with Crippen LogP contribution in [-0.2, 0) is 0 Å². The van der Waals surface area contributed by atoms with Gasteiger partial charge in [0.25, 0.3) is 0 Å². The van der Waals surface area contributed by atoms with E-state index in [4.69, 9.17) is 4.42 Å². The van der Waals surface area contributed by atoms with Gasteiger partial charge in [0.05, 0.1) is 39.1 Å². The summed E-state index contributed by atoms with van der Waals surface area (Å²) in [4.78, 5) is 0. The van der Waals surface area contributed by atoms with Crippen LogP contribution in [0.4, 0.5) is 0 Å². The van der Waals surface area contributed by atoms with Crippen LogP contribution in [0.1, 0.15) is 0 Å². The van der Waals surface area contributed by atoms with Gasteiger partial charge in [0.1, 0.15) is 11.2 Å². The first-order chi connectivity index (χ1) is 34.2. The Hall–Kier alpha value is -9.32. The van der Waals surface area contributed by atoms with Gasteiger partial charge in [-0.05, 0) is 125 Å². The highest BCUT2D eigenvalue weighted by Gasteiger charge is 2.21. The molecule has 15 aromatic rings. The highest BCUT2D eigenvalue weighted by molar-refractivity contribution is 6.16. The van der Waals surface area contributed by atoms with Crippen LogP contribution in [-0.4, -0.2) is 18.3 Å². The van der Waals surface area contributed by atoms with E-state index in [0.717, 1.165) is 94.1 Å². The van der Waals surface area contributed by atoms with Crippen molar-refractivity contribution in [3.63, 3.8) is 0 Å². The monoisotopic (exact) mass is 880 g/mol. The van der Waals surface area contributed by atoms with E-state index in [0.29, 0.717) is 0 Å². The van der Waals surface area contributed by atoms with E-state index in [2.05, 4.69) is 261 Å². The molecular formula is C64H40N4O. The third-order valence-electron chi connectivity index (χ3n) is 14.3. The van der Waals surface area contributed by atoms with Crippen LogP contribution < -0.4 is 0 Å². The molecule has 322 valence electrons. The second kappa shape index (κ2) is 14.6. The molecule has 11 aromatic carbocycles. The first-order valence-electron chi connectivity index (χ1n) is 23.6. The summed E-state index contributed by atoms with van der Waals surface area (Å²) < 4.78 is 16.5. The number of fused-ring (bicyclic) bond motifs is 14. The van der Waals surface area contributed by atoms with E-state index in [1.54, 1.807) is 0 Å². The van der Waals surface area contributed by atoms with Crippen molar-refractivity contribution in [2.75, 3.05) is 0 Å². The maximum Gasteiger partial charge on any atom is 0.135 e. The third-order valence-corrected chi connectivity index (χ3v) is 14.3. The predicted molar refractivity (Wildman–Crippen MR) is 289 cm³/mol. The number of aromatic nitrogens is 4. The molecule has 0 aliphatic rings. The van der Waals surface area contributed by atoms with Crippen LogP contribution in [0.2, 0.25) is 0 Å². The summed E-state index contributed by atoms with van der Waals surface area (Å²) in [6.45, 7) is 0. The van der Waals surface area contributed by atoms with E-state index in [1.807, 2.05) is 0 Å². The Morgan fingerprint density at radius 2 is 0.754 bits per heavy atom. The number of rotatable bonds is 4. The lowest BCUT2D eigenvalue weighted by molar-refractivity contribution is 0.669. The first-order valence-corrected chi connectivity index (χ1v) is 23.6. The number of hydrogen-bond donors (Lipinski definition) is 0. The highest BCUT2D eigenvalue weighted by atomic mass is 16.3. The van der Waals surface area contributed by atoms with E-state index in [1.165, 1.54) is 37.8 Å². The van der Waals surface area contributed by atoms with Gasteiger partial charge in [0.15, 0.2) is 0 Å². The quantitative estimate of drug-likeness (QED) is 0.173. The summed E-state index contributed by atoms with van der Waals surface area (Å²) in [6, 6.07) is 88.5. The maximum absolute atomic E-state index is 6.72. The molecule has 0 atom stereocenters. The molecule has 0 saturated heterocycles. The molecule has 0 saturated carbocycles. The lowest BCUT2D eigenvalue weighted by atomic mass is 10.1. The lowest BCUT2D eigenvalue weighted by Gasteiger charge is -2.17. The molecule has 0 fully saturated rings. The fraction of sp³-hybridized carbons (Fsp3) is 0. The van der Waals surface area contributed by atoms with Crippen molar-refractivity contribution in [3.05, 3.63) is 243 Å². The normalized spacial score (nSPS) is 12.1. The second-order valence-electron chi connectivity index (χ2n) is 18.1. The molecule has 5 heteroatoms. The predicted octanol–water partition coefficient (Wildman–Crippen LogP) is 17.1. The summed E-state index contributed by atoms with van der Waals surface area (Å²) >= 11 is 0. The molecule has 0 radical (unpaired) electrons. The van der Waals surface area contributed by atoms with Gasteiger partial charge in [0.2, 0.25) is 0 Å². The van der Waals surface area contributed by atoms with Crippen LogP contribution in [0.25, 0.3) is 132 Å². The summed E-state index contributed by atoms with van der Waals surface area (Å²) in [5.41, 5.74) is 15.0. The summed E-state index contributed by atoms with van der Waals surface area (Å²) in [5, 5.41) is 11.6. The maximum atomic E-state index is 6.72. The fourth-order valence-corrected chi connectivity index (χ4v) is 11.4. The third kappa shape index (κ3) is 5.59. The van der Waals surface area contributed by atoms with Crippen molar-refractivity contribution >= 4 is 109 Å². The molecule has 0 spiro atoms. The van der Waals surface area contributed by atoms with Crippen molar-refractivity contribution < 1.29 is 4.42 Å². The Morgan fingerprint density at radius 3 is 1.49 bits per heavy atom. The van der Waals surface area contributed by atoms with E-state index < -0.39 is 0 Å². The zero-order chi connectivity index (χ0) is 45.2. The Morgan fingerprint density at radius 1 is 0.261 bits per heavy atom. The minimum atomic E-state index is 0.844. The Bertz CT molecular complexity index is 4670. The average molecular weight is 881 g/mol. The molecular weight excluding hydrogens is 841 g/mol. The van der Waals surface area contributed by atoms with E-state index in [9.17, 15) is 0 Å². The zero-order valence-corrected chi connectivity index (χ0v) is 37.3. The number of furan rings is 1. The zero-order valence-electron chi connectivity index (χ0n) is 37.3. The molecule has 0 N–H and O–H groups in total. The van der Waals surface area contributed by atoms with Crippen LogP contribution >= 0.6 is 0 Å². The van der Waals surface area contributed by atoms with Crippen molar-refractivity contribution in [1.82, 2.24) is 18.3 Å². The molecule has 0 unspecified atom stereocenters. The van der Waals surface area contributed by atoms with Crippen molar-refractivity contribution in [2.24, 2.45) is 0 Å². The Kier molecular flexibility index (Phi) is 8.00. The molecule has 5 nitrogen and oxygen atoms in total. The molecule has 4 heterocycles. The number of nitrogens with zero attached hydrogens (tertiary/aromatic N) is 4. The minimum Gasteiger partial charge on any atom is -0.456 e. The van der Waals surface area contributed by atoms with Gasteiger partial charge >= 0.3 is 0 Å². The van der Waals surface area contributed by atoms with Crippen LogP contribution in [0, 0.1) is 0 Å². The van der Waals surface area contributed by atoms with Crippen molar-refractivity contribution in [2.45, 2.75) is 0 Å². The fourth-order valence-electron chi connectivity index (χ4n) is 11.4. The summed E-state index contributed by atoms with van der Waals surface area (Å²) in [7, 11) is 0. The summed E-state index contributed by atoms with van der Waals surface area (Å²) in [5.74, 6) is 0. The van der Waals surface area contributed by atoms with Gasteiger partial charge in [-0.1, -0.05) is 133 Å². The molecule has 0 amide bonds. The Balaban J connectivity index is 1.09. The SMILES string of the molecule is c1ccc(-n2c3ccccc3c3c(-n4c5cccc(c5)c5cccc(c5)n(-c5cccc6c7ccccc7n(-c7cccc8ccccc78)c56)c5ccc6oc7ccc4cc7c6c5)cccc32)cc1. The molecule has 4 aromatic heterocycles. The van der Waals surface area contributed by atoms with Crippen LogP contribution in [0.15, 0.2) is 247 Å². The van der Waals surface area contributed by atoms with Gasteiger partial charge in [-0.3, -0.25) is 0 Å². The largest absolute Gasteiger partial charge is 0.456 e. The Labute approximate surface area is 395 Å².